The van der Waals surface area contributed by atoms with Gasteiger partial charge in [0.25, 0.3) is 0 Å². The number of hydrogen-bond acceptors (Lipinski definition) is 6. The maximum atomic E-state index is 13.2. The van der Waals surface area contributed by atoms with Crippen LogP contribution in [0.15, 0.2) is 70.3 Å². The van der Waals surface area contributed by atoms with Crippen LogP contribution in [0.25, 0.3) is 11.1 Å². The van der Waals surface area contributed by atoms with Gasteiger partial charge in [-0.15, -0.1) is 0 Å². The van der Waals surface area contributed by atoms with Crippen LogP contribution in [0, 0.1) is 0 Å². The molecule has 4 rings (SSSR count). The number of piperidine rings is 1. The van der Waals surface area contributed by atoms with Crippen molar-refractivity contribution in [3.8, 4) is 11.1 Å². The quantitative estimate of drug-likeness (QED) is 0.372. The molecule has 3 aromatic rings. The predicted octanol–water partition coefficient (Wildman–Crippen LogP) is 5.38. The van der Waals surface area contributed by atoms with E-state index in [9.17, 15) is 13.2 Å². The number of carbonyl (C=O) groups excluding carboxylic acids is 1. The van der Waals surface area contributed by atoms with E-state index >= 15 is 0 Å². The number of carbonyl (C=O) groups is 1. The Morgan fingerprint density at radius 3 is 2.15 bits per heavy atom. The second kappa shape index (κ2) is 10.8. The largest absolute Gasteiger partial charge is 0.372 e. The second-order valence-electron chi connectivity index (χ2n) is 8.70. The van der Waals surface area contributed by atoms with Gasteiger partial charge in [0.15, 0.2) is 15.6 Å². The molecular formula is C27H32N2O3S2. The fourth-order valence-electron chi connectivity index (χ4n) is 4.58. The van der Waals surface area contributed by atoms with Crippen LogP contribution >= 0.6 is 11.3 Å². The molecule has 34 heavy (non-hydrogen) atoms. The molecule has 7 heteroatoms. The normalized spacial score (nSPS) is 15.4. The van der Waals surface area contributed by atoms with Crippen LogP contribution in [0.1, 0.15) is 37.0 Å². The molecule has 0 radical (unpaired) electrons. The predicted molar refractivity (Wildman–Crippen MR) is 141 cm³/mol. The third-order valence-corrected chi connectivity index (χ3v) is 9.66. The lowest BCUT2D eigenvalue weighted by Gasteiger charge is -2.31. The Kier molecular flexibility index (Phi) is 7.86. The molecule has 1 fully saturated rings. The highest BCUT2D eigenvalue weighted by Gasteiger charge is 2.31. The molecule has 0 N–H and O–H groups in total. The first kappa shape index (κ1) is 24.6. The van der Waals surface area contributed by atoms with E-state index < -0.39 is 15.1 Å². The highest BCUT2D eigenvalue weighted by Crippen LogP contribution is 2.28. The molecule has 1 aliphatic rings. The van der Waals surface area contributed by atoms with Crippen molar-refractivity contribution in [1.29, 1.82) is 0 Å². The zero-order valence-electron chi connectivity index (χ0n) is 19.8. The summed E-state index contributed by atoms with van der Waals surface area (Å²) >= 11 is 1.62. The molecule has 1 saturated heterocycles. The van der Waals surface area contributed by atoms with Gasteiger partial charge in [0.05, 0.1) is 16.7 Å². The molecule has 0 unspecified atom stereocenters. The maximum Gasteiger partial charge on any atom is 0.181 e. The number of hydrogen-bond donors (Lipinski definition) is 0. The molecule has 0 spiro atoms. The summed E-state index contributed by atoms with van der Waals surface area (Å²) in [6.07, 6.45) is 1.09. The molecule has 0 aliphatic carbocycles. The summed E-state index contributed by atoms with van der Waals surface area (Å²) in [5, 5.41) is 3.67. The summed E-state index contributed by atoms with van der Waals surface area (Å²) in [4.78, 5) is 17.5. The third-order valence-electron chi connectivity index (χ3n) is 6.70. The van der Waals surface area contributed by atoms with Crippen molar-refractivity contribution >= 4 is 32.6 Å². The highest BCUT2D eigenvalue weighted by molar-refractivity contribution is 7.92. The molecular weight excluding hydrogens is 464 g/mol. The number of sulfone groups is 1. The van der Waals surface area contributed by atoms with E-state index in [0.717, 1.165) is 29.9 Å². The van der Waals surface area contributed by atoms with Gasteiger partial charge >= 0.3 is 0 Å². The van der Waals surface area contributed by atoms with Crippen molar-refractivity contribution < 1.29 is 13.2 Å². The first-order valence-corrected chi connectivity index (χ1v) is 14.4. The Hall–Kier alpha value is -2.48. The highest BCUT2D eigenvalue weighted by atomic mass is 32.2. The lowest BCUT2D eigenvalue weighted by molar-refractivity contribution is 0.0916. The number of anilines is 1. The number of rotatable bonds is 9. The average Bonchev–Trinajstić information content (AvgIpc) is 3.41. The monoisotopic (exact) mass is 496 g/mol. The minimum absolute atomic E-state index is 0.0800. The fourth-order valence-corrected chi connectivity index (χ4v) is 6.97. The minimum atomic E-state index is -3.38. The lowest BCUT2D eigenvalue weighted by atomic mass is 10.1. The average molecular weight is 497 g/mol. The SMILES string of the molecule is CCN(CC)c1ccc(C(=O)CN2CCC(S(=O)(=O)c3ccc(-c4ccsc4)cc3)CC2)cc1. The van der Waals surface area contributed by atoms with Crippen LogP contribution in [0.5, 0.6) is 0 Å². The number of ketones is 1. The van der Waals surface area contributed by atoms with Gasteiger partial charge in [-0.3, -0.25) is 9.69 Å². The van der Waals surface area contributed by atoms with Crippen LogP contribution < -0.4 is 4.90 Å². The van der Waals surface area contributed by atoms with E-state index in [1.54, 1.807) is 23.5 Å². The van der Waals surface area contributed by atoms with Gasteiger partial charge < -0.3 is 4.90 Å². The molecule has 5 nitrogen and oxygen atoms in total. The Bertz CT molecular complexity index is 1180. The molecule has 180 valence electrons. The van der Waals surface area contributed by atoms with Gasteiger partial charge in [-0.2, -0.15) is 11.3 Å². The molecule has 2 aromatic carbocycles. The van der Waals surface area contributed by atoms with Crippen molar-refractivity contribution in [3.05, 3.63) is 70.9 Å². The Labute approximate surface area is 207 Å². The van der Waals surface area contributed by atoms with Crippen LogP contribution in [-0.2, 0) is 9.84 Å². The first-order chi connectivity index (χ1) is 16.4. The van der Waals surface area contributed by atoms with E-state index in [0.29, 0.717) is 42.9 Å². The first-order valence-electron chi connectivity index (χ1n) is 11.9. The number of Topliss-reactive ketones (excluding diaryl/α,β-unsaturated/α-hetero) is 1. The minimum Gasteiger partial charge on any atom is -0.372 e. The standard InChI is InChI=1S/C27H32N2O3S2/c1-3-29(4-2)24-9-5-22(6-10-24)27(30)19-28-16-13-26(14-17-28)34(31,32)25-11-7-21(8-12-25)23-15-18-33-20-23/h5-12,15,18,20,26H,3-4,13-14,16-17,19H2,1-2H3. The summed E-state index contributed by atoms with van der Waals surface area (Å²) in [6.45, 7) is 7.65. The third kappa shape index (κ3) is 5.43. The summed E-state index contributed by atoms with van der Waals surface area (Å²) in [5.41, 5.74) is 3.96. The van der Waals surface area contributed by atoms with Gasteiger partial charge in [0.1, 0.15) is 0 Å². The fraction of sp³-hybridized carbons (Fsp3) is 0.370. The van der Waals surface area contributed by atoms with Crippen LogP contribution in [0.3, 0.4) is 0 Å². The topological polar surface area (TPSA) is 57.7 Å². The van der Waals surface area contributed by atoms with Crippen LogP contribution in [0.4, 0.5) is 5.69 Å². The number of likely N-dealkylation sites (tertiary alicyclic amines) is 1. The lowest BCUT2D eigenvalue weighted by Crippen LogP contribution is -2.41. The van der Waals surface area contributed by atoms with Gasteiger partial charge in [-0.1, -0.05) is 12.1 Å². The van der Waals surface area contributed by atoms with Crippen molar-refractivity contribution in [2.24, 2.45) is 0 Å². The summed E-state index contributed by atoms with van der Waals surface area (Å²) in [7, 11) is -3.38. The molecule has 0 saturated carbocycles. The summed E-state index contributed by atoms with van der Waals surface area (Å²) < 4.78 is 26.4. The Morgan fingerprint density at radius 2 is 1.59 bits per heavy atom. The zero-order chi connectivity index (χ0) is 24.1. The zero-order valence-corrected chi connectivity index (χ0v) is 21.4. The number of benzene rings is 2. The van der Waals surface area contributed by atoms with Gasteiger partial charge in [-0.25, -0.2) is 8.42 Å². The van der Waals surface area contributed by atoms with Crippen molar-refractivity contribution in [1.82, 2.24) is 4.90 Å². The van der Waals surface area contributed by atoms with Gasteiger partial charge in [0.2, 0.25) is 0 Å². The molecule has 2 heterocycles. The molecule has 0 bridgehead atoms. The Balaban J connectivity index is 1.33. The van der Waals surface area contributed by atoms with E-state index in [2.05, 4.69) is 29.0 Å². The summed E-state index contributed by atoms with van der Waals surface area (Å²) in [6, 6.07) is 17.0. The van der Waals surface area contributed by atoms with E-state index in [-0.39, 0.29) is 5.78 Å². The van der Waals surface area contributed by atoms with Crippen molar-refractivity contribution in [3.63, 3.8) is 0 Å². The van der Waals surface area contributed by atoms with Gasteiger partial charge in [0, 0.05) is 24.3 Å². The smallest absolute Gasteiger partial charge is 0.181 e. The van der Waals surface area contributed by atoms with Crippen LogP contribution in [0.2, 0.25) is 0 Å². The second-order valence-corrected chi connectivity index (χ2v) is 11.7. The molecule has 0 atom stereocenters. The van der Waals surface area contributed by atoms with Crippen molar-refractivity contribution in [2.75, 3.05) is 37.6 Å². The van der Waals surface area contributed by atoms with Crippen molar-refractivity contribution in [2.45, 2.75) is 36.8 Å². The number of thiophene rings is 1. The van der Waals surface area contributed by atoms with E-state index in [4.69, 9.17) is 0 Å². The molecule has 1 aromatic heterocycles. The maximum absolute atomic E-state index is 13.2. The summed E-state index contributed by atoms with van der Waals surface area (Å²) in [5.74, 6) is 0.0800. The van der Waals surface area contributed by atoms with Crippen LogP contribution in [-0.4, -0.2) is 57.1 Å². The Morgan fingerprint density at radius 1 is 0.941 bits per heavy atom. The van der Waals surface area contributed by atoms with E-state index in [1.807, 2.05) is 47.8 Å². The van der Waals surface area contributed by atoms with E-state index in [1.165, 1.54) is 0 Å². The molecule has 1 aliphatic heterocycles. The number of nitrogens with zero attached hydrogens (tertiary/aromatic N) is 2. The molecule has 0 amide bonds. The van der Waals surface area contributed by atoms with Gasteiger partial charge in [-0.05, 0) is 104 Å².